The van der Waals surface area contributed by atoms with E-state index in [0.29, 0.717) is 6.54 Å². The third-order valence-corrected chi connectivity index (χ3v) is 3.16. The average molecular weight is 278 g/mol. The quantitative estimate of drug-likeness (QED) is 0.671. The van der Waals surface area contributed by atoms with Crippen LogP contribution in [0.25, 0.3) is 0 Å². The predicted molar refractivity (Wildman–Crippen MR) is 71.8 cm³/mol. The number of aliphatic carboxylic acids is 1. The number of nitrogens with one attached hydrogen (secondary N) is 1. The molecule has 0 aliphatic carbocycles. The summed E-state index contributed by atoms with van der Waals surface area (Å²) in [6.45, 7) is 7.51. The van der Waals surface area contributed by atoms with Crippen LogP contribution >= 0.6 is 11.8 Å². The first-order valence-electron chi connectivity index (χ1n) is 5.69. The summed E-state index contributed by atoms with van der Waals surface area (Å²) in [5.41, 5.74) is 4.79. The summed E-state index contributed by atoms with van der Waals surface area (Å²) in [6, 6.07) is -0.973. The Morgan fingerprint density at radius 1 is 1.44 bits per heavy atom. The summed E-state index contributed by atoms with van der Waals surface area (Å²) in [5, 5.41) is 11.5. The second-order valence-electron chi connectivity index (χ2n) is 4.92. The van der Waals surface area contributed by atoms with Gasteiger partial charge in [-0.3, -0.25) is 0 Å². The lowest BCUT2D eigenvalue weighted by atomic mass is 10.2. The molecule has 0 aromatic carbocycles. The SMILES string of the molecule is C[C@H](CN)SC[C@H](NC(=O)OC(C)(C)C)C(=O)O. The molecular weight excluding hydrogens is 256 g/mol. The van der Waals surface area contributed by atoms with Crippen molar-refractivity contribution in [3.63, 3.8) is 0 Å². The molecule has 0 unspecified atom stereocenters. The molecule has 4 N–H and O–H groups in total. The van der Waals surface area contributed by atoms with Gasteiger partial charge in [0.1, 0.15) is 11.6 Å². The molecule has 0 bridgehead atoms. The molecule has 0 rings (SSSR count). The minimum atomic E-state index is -1.09. The van der Waals surface area contributed by atoms with Crippen LogP contribution in [-0.2, 0) is 9.53 Å². The highest BCUT2D eigenvalue weighted by Gasteiger charge is 2.24. The number of thioether (sulfide) groups is 1. The van der Waals surface area contributed by atoms with Crippen LogP contribution in [0.1, 0.15) is 27.7 Å². The van der Waals surface area contributed by atoms with E-state index < -0.39 is 23.7 Å². The highest BCUT2D eigenvalue weighted by Crippen LogP contribution is 2.12. The maximum atomic E-state index is 11.5. The molecule has 0 fully saturated rings. The fourth-order valence-corrected chi connectivity index (χ4v) is 1.84. The number of carbonyl (C=O) groups is 2. The van der Waals surface area contributed by atoms with Crippen LogP contribution in [-0.4, -0.2) is 46.4 Å². The van der Waals surface area contributed by atoms with Crippen LogP contribution in [0.4, 0.5) is 4.79 Å². The number of amides is 1. The van der Waals surface area contributed by atoms with Crippen LogP contribution in [0.5, 0.6) is 0 Å². The molecule has 0 aromatic rings. The standard InChI is InChI=1S/C11H22N2O4S/c1-7(5-12)18-6-8(9(14)15)13-10(16)17-11(2,3)4/h7-8H,5-6,12H2,1-4H3,(H,13,16)(H,14,15)/t7-,8+/m1/s1. The molecule has 106 valence electrons. The Morgan fingerprint density at radius 3 is 2.39 bits per heavy atom. The highest BCUT2D eigenvalue weighted by atomic mass is 32.2. The van der Waals surface area contributed by atoms with Crippen molar-refractivity contribution in [3.05, 3.63) is 0 Å². The summed E-state index contributed by atoms with van der Waals surface area (Å²) in [4.78, 5) is 22.4. The average Bonchev–Trinajstić information content (AvgIpc) is 2.20. The van der Waals surface area contributed by atoms with E-state index in [0.717, 1.165) is 0 Å². The Labute approximate surface area is 112 Å². The lowest BCUT2D eigenvalue weighted by Gasteiger charge is -2.22. The number of carboxylic acid groups (broad SMARTS) is 1. The molecule has 0 saturated carbocycles. The van der Waals surface area contributed by atoms with Crippen molar-refractivity contribution in [2.45, 2.75) is 44.6 Å². The van der Waals surface area contributed by atoms with Gasteiger partial charge >= 0.3 is 12.1 Å². The number of hydrogen-bond acceptors (Lipinski definition) is 5. The Morgan fingerprint density at radius 2 is 2.00 bits per heavy atom. The third kappa shape index (κ3) is 8.19. The zero-order chi connectivity index (χ0) is 14.3. The highest BCUT2D eigenvalue weighted by molar-refractivity contribution is 8.00. The van der Waals surface area contributed by atoms with Crippen LogP contribution in [0, 0.1) is 0 Å². The monoisotopic (exact) mass is 278 g/mol. The lowest BCUT2D eigenvalue weighted by molar-refractivity contribution is -0.138. The smallest absolute Gasteiger partial charge is 0.408 e. The fourth-order valence-electron chi connectivity index (χ4n) is 0.953. The minimum Gasteiger partial charge on any atom is -0.480 e. The van der Waals surface area contributed by atoms with Crippen molar-refractivity contribution in [3.8, 4) is 0 Å². The number of rotatable bonds is 6. The second kappa shape index (κ2) is 7.48. The summed E-state index contributed by atoms with van der Waals surface area (Å²) < 4.78 is 5.00. The molecule has 0 aliphatic rings. The van der Waals surface area contributed by atoms with E-state index in [-0.39, 0.29) is 11.0 Å². The molecular formula is C11H22N2O4S. The molecule has 0 heterocycles. The minimum absolute atomic E-state index is 0.146. The van der Waals surface area contributed by atoms with Gasteiger partial charge in [-0.2, -0.15) is 11.8 Å². The zero-order valence-corrected chi connectivity index (χ0v) is 12.0. The van der Waals surface area contributed by atoms with Crippen molar-refractivity contribution in [2.75, 3.05) is 12.3 Å². The molecule has 0 spiro atoms. The maximum absolute atomic E-state index is 11.5. The summed E-state index contributed by atoms with van der Waals surface area (Å²) in [7, 11) is 0. The summed E-state index contributed by atoms with van der Waals surface area (Å²) in [6.07, 6.45) is -0.726. The van der Waals surface area contributed by atoms with E-state index in [1.165, 1.54) is 11.8 Å². The molecule has 0 radical (unpaired) electrons. The topological polar surface area (TPSA) is 102 Å². The van der Waals surface area contributed by atoms with E-state index in [1.807, 2.05) is 6.92 Å². The van der Waals surface area contributed by atoms with Gasteiger partial charge in [0.05, 0.1) is 0 Å². The zero-order valence-electron chi connectivity index (χ0n) is 11.2. The van der Waals surface area contributed by atoms with Gasteiger partial charge in [-0.25, -0.2) is 9.59 Å². The van der Waals surface area contributed by atoms with Gasteiger partial charge < -0.3 is 20.9 Å². The molecule has 0 aliphatic heterocycles. The number of carboxylic acids is 1. The van der Waals surface area contributed by atoms with E-state index in [1.54, 1.807) is 20.8 Å². The van der Waals surface area contributed by atoms with Crippen molar-refractivity contribution >= 4 is 23.8 Å². The first-order valence-corrected chi connectivity index (χ1v) is 6.74. The molecule has 2 atom stereocenters. The first-order chi connectivity index (χ1) is 8.15. The number of alkyl carbamates (subject to hydrolysis) is 1. The van der Waals surface area contributed by atoms with Gasteiger partial charge in [-0.1, -0.05) is 6.92 Å². The van der Waals surface area contributed by atoms with E-state index >= 15 is 0 Å². The number of hydrogen-bond donors (Lipinski definition) is 3. The molecule has 7 heteroatoms. The van der Waals surface area contributed by atoms with Gasteiger partial charge in [0.2, 0.25) is 0 Å². The largest absolute Gasteiger partial charge is 0.480 e. The Hall–Kier alpha value is -0.950. The first kappa shape index (κ1) is 17.1. The third-order valence-electron chi connectivity index (χ3n) is 1.87. The fraction of sp³-hybridized carbons (Fsp3) is 0.818. The molecule has 1 amide bonds. The number of carbonyl (C=O) groups excluding carboxylic acids is 1. The maximum Gasteiger partial charge on any atom is 0.408 e. The van der Waals surface area contributed by atoms with E-state index in [4.69, 9.17) is 15.6 Å². The van der Waals surface area contributed by atoms with Gasteiger partial charge in [-0.05, 0) is 20.8 Å². The van der Waals surface area contributed by atoms with Crippen molar-refractivity contribution in [2.24, 2.45) is 5.73 Å². The predicted octanol–water partition coefficient (Wildman–Crippen LogP) is 1.04. The number of ether oxygens (including phenoxy) is 1. The van der Waals surface area contributed by atoms with E-state index in [9.17, 15) is 9.59 Å². The summed E-state index contributed by atoms with van der Waals surface area (Å²) in [5.74, 6) is -0.829. The summed E-state index contributed by atoms with van der Waals surface area (Å²) >= 11 is 1.40. The molecule has 18 heavy (non-hydrogen) atoms. The van der Waals surface area contributed by atoms with Gasteiger partial charge in [0, 0.05) is 17.5 Å². The molecule has 6 nitrogen and oxygen atoms in total. The van der Waals surface area contributed by atoms with Crippen molar-refractivity contribution in [1.29, 1.82) is 0 Å². The van der Waals surface area contributed by atoms with Crippen LogP contribution in [0.2, 0.25) is 0 Å². The number of nitrogens with two attached hydrogens (primary N) is 1. The van der Waals surface area contributed by atoms with E-state index in [2.05, 4.69) is 5.32 Å². The Bertz CT molecular complexity index is 291. The normalized spacial score (nSPS) is 14.7. The van der Waals surface area contributed by atoms with Crippen molar-refractivity contribution < 1.29 is 19.4 Å². The Kier molecular flexibility index (Phi) is 7.08. The second-order valence-corrected chi connectivity index (χ2v) is 6.39. The van der Waals surface area contributed by atoms with Gasteiger partial charge in [0.25, 0.3) is 0 Å². The Balaban J connectivity index is 4.28. The van der Waals surface area contributed by atoms with Gasteiger partial charge in [0.15, 0.2) is 0 Å². The van der Waals surface area contributed by atoms with Crippen molar-refractivity contribution in [1.82, 2.24) is 5.32 Å². The van der Waals surface area contributed by atoms with Crippen LogP contribution in [0.3, 0.4) is 0 Å². The molecule has 0 aromatic heterocycles. The molecule has 0 saturated heterocycles. The van der Waals surface area contributed by atoms with Crippen LogP contribution in [0.15, 0.2) is 0 Å². The van der Waals surface area contributed by atoms with Crippen LogP contribution < -0.4 is 11.1 Å². The lowest BCUT2D eigenvalue weighted by Crippen LogP contribution is -2.45. The van der Waals surface area contributed by atoms with Gasteiger partial charge in [-0.15, -0.1) is 0 Å².